The number of hydrogen-bond donors (Lipinski definition) is 1. The van der Waals surface area contributed by atoms with Crippen molar-refractivity contribution in [3.8, 4) is 17.2 Å². The van der Waals surface area contributed by atoms with Gasteiger partial charge >= 0.3 is 0 Å². The number of hydrogen-bond acceptors (Lipinski definition) is 6. The summed E-state index contributed by atoms with van der Waals surface area (Å²) in [5, 5.41) is 3.12. The van der Waals surface area contributed by atoms with Crippen LogP contribution in [0.3, 0.4) is 0 Å². The first-order valence-corrected chi connectivity index (χ1v) is 11.6. The molecule has 0 saturated carbocycles. The second-order valence-corrected chi connectivity index (χ2v) is 9.31. The minimum atomic E-state index is -0.538. The molecule has 1 N–H and O–H groups in total. The van der Waals surface area contributed by atoms with Crippen LogP contribution in [0.25, 0.3) is 0 Å². The van der Waals surface area contributed by atoms with Gasteiger partial charge in [0.2, 0.25) is 5.91 Å². The molecule has 8 heteroatoms. The first kappa shape index (κ1) is 22.3. The molecule has 2 aliphatic rings. The van der Waals surface area contributed by atoms with Gasteiger partial charge in [-0.3, -0.25) is 9.69 Å². The third-order valence-electron chi connectivity index (χ3n) is 7.06. The Kier molecular flexibility index (Phi) is 5.69. The molecule has 3 heterocycles. The van der Waals surface area contributed by atoms with Crippen molar-refractivity contribution in [1.29, 1.82) is 0 Å². The minimum Gasteiger partial charge on any atom is -0.493 e. The number of carbonyl (C=O) groups excluding carboxylic acids is 1. The number of benzene rings is 2. The second kappa shape index (κ2) is 8.68. The van der Waals surface area contributed by atoms with Crippen molar-refractivity contribution in [2.75, 3.05) is 44.5 Å². The Bertz CT molecular complexity index is 1210. The zero-order valence-electron chi connectivity index (χ0n) is 20.2. The molecule has 178 valence electrons. The summed E-state index contributed by atoms with van der Waals surface area (Å²) in [5.41, 5.74) is 2.31. The van der Waals surface area contributed by atoms with Gasteiger partial charge in [-0.2, -0.15) is 0 Å². The van der Waals surface area contributed by atoms with Gasteiger partial charge in [-0.05, 0) is 49.7 Å². The van der Waals surface area contributed by atoms with Gasteiger partial charge in [-0.25, -0.2) is 4.98 Å². The molecule has 1 saturated heterocycles. The molecule has 1 fully saturated rings. The predicted octanol–water partition coefficient (Wildman–Crippen LogP) is 3.77. The maximum Gasteiger partial charge on any atom is 0.235 e. The van der Waals surface area contributed by atoms with E-state index < -0.39 is 5.41 Å². The maximum atomic E-state index is 13.2. The van der Waals surface area contributed by atoms with E-state index in [1.807, 2.05) is 79.4 Å². The Balaban J connectivity index is 1.38. The first-order valence-electron chi connectivity index (χ1n) is 11.6. The SMILES string of the molecule is COc1cc2c(cc1Oc1cccc(N(C)C)c1)NC(=O)C21CCN(Cc2nccn2C)CC1. The number of imidazole rings is 1. The number of ether oxygens (including phenoxy) is 2. The van der Waals surface area contributed by atoms with E-state index >= 15 is 0 Å². The fourth-order valence-corrected chi connectivity index (χ4v) is 4.95. The Morgan fingerprint density at radius 1 is 1.15 bits per heavy atom. The Morgan fingerprint density at radius 3 is 2.62 bits per heavy atom. The van der Waals surface area contributed by atoms with Crippen LogP contribution in [0.4, 0.5) is 11.4 Å². The van der Waals surface area contributed by atoms with Crippen molar-refractivity contribution in [1.82, 2.24) is 14.5 Å². The van der Waals surface area contributed by atoms with E-state index in [1.54, 1.807) is 7.11 Å². The van der Waals surface area contributed by atoms with Gasteiger partial charge in [-0.15, -0.1) is 0 Å². The fraction of sp³-hybridized carbons (Fsp3) is 0.385. The van der Waals surface area contributed by atoms with Gasteiger partial charge in [0, 0.05) is 57.0 Å². The number of nitrogens with zero attached hydrogens (tertiary/aromatic N) is 4. The van der Waals surface area contributed by atoms with E-state index in [2.05, 4.69) is 15.2 Å². The van der Waals surface area contributed by atoms with E-state index in [4.69, 9.17) is 9.47 Å². The van der Waals surface area contributed by atoms with Crippen molar-refractivity contribution in [2.24, 2.45) is 7.05 Å². The van der Waals surface area contributed by atoms with Crippen molar-refractivity contribution in [3.63, 3.8) is 0 Å². The highest BCUT2D eigenvalue weighted by Crippen LogP contribution is 2.49. The van der Waals surface area contributed by atoms with Gasteiger partial charge in [0.05, 0.1) is 19.1 Å². The van der Waals surface area contributed by atoms with E-state index in [0.717, 1.165) is 55.2 Å². The highest BCUT2D eigenvalue weighted by atomic mass is 16.5. The molecule has 1 amide bonds. The molecule has 1 spiro atoms. The number of anilines is 2. The minimum absolute atomic E-state index is 0.0629. The van der Waals surface area contributed by atoms with Crippen molar-refractivity contribution in [3.05, 3.63) is 60.2 Å². The van der Waals surface area contributed by atoms with Crippen LogP contribution in [0, 0.1) is 0 Å². The van der Waals surface area contributed by atoms with Crippen molar-refractivity contribution >= 4 is 17.3 Å². The summed E-state index contributed by atoms with van der Waals surface area (Å²) in [6.07, 6.45) is 5.29. The maximum absolute atomic E-state index is 13.2. The summed E-state index contributed by atoms with van der Waals surface area (Å²) in [6, 6.07) is 11.7. The van der Waals surface area contributed by atoms with Crippen molar-refractivity contribution in [2.45, 2.75) is 24.8 Å². The molecular weight excluding hydrogens is 430 g/mol. The van der Waals surface area contributed by atoms with E-state index in [9.17, 15) is 4.79 Å². The van der Waals surface area contributed by atoms with Gasteiger partial charge in [0.25, 0.3) is 0 Å². The lowest BCUT2D eigenvalue weighted by atomic mass is 9.73. The fourth-order valence-electron chi connectivity index (χ4n) is 4.95. The summed E-state index contributed by atoms with van der Waals surface area (Å²) in [4.78, 5) is 22.1. The Labute approximate surface area is 200 Å². The lowest BCUT2D eigenvalue weighted by Gasteiger charge is -2.37. The number of likely N-dealkylation sites (tertiary alicyclic amines) is 1. The number of carbonyl (C=O) groups is 1. The quantitative estimate of drug-likeness (QED) is 0.603. The number of rotatable bonds is 6. The van der Waals surface area contributed by atoms with Gasteiger partial charge in [0.15, 0.2) is 11.5 Å². The van der Waals surface area contributed by atoms with Crippen LogP contribution >= 0.6 is 0 Å². The molecule has 0 unspecified atom stereocenters. The molecule has 2 aliphatic heterocycles. The Hall–Kier alpha value is -3.52. The van der Waals surface area contributed by atoms with Crippen LogP contribution < -0.4 is 19.7 Å². The van der Waals surface area contributed by atoms with Crippen LogP contribution in [-0.2, 0) is 23.8 Å². The van der Waals surface area contributed by atoms with Gasteiger partial charge in [0.1, 0.15) is 11.6 Å². The molecule has 2 aromatic carbocycles. The molecule has 8 nitrogen and oxygen atoms in total. The second-order valence-electron chi connectivity index (χ2n) is 9.31. The molecule has 34 heavy (non-hydrogen) atoms. The van der Waals surface area contributed by atoms with Crippen LogP contribution in [-0.4, -0.2) is 54.7 Å². The standard InChI is InChI=1S/C26H31N5O3/c1-29(2)18-6-5-7-19(14-18)34-23-16-21-20(15-22(23)33-4)26(25(32)28-21)8-11-31(12-9-26)17-24-27-10-13-30(24)3/h5-7,10,13-16H,8-9,11-12,17H2,1-4H3,(H,28,32). The number of piperidine rings is 1. The first-order chi connectivity index (χ1) is 16.4. The molecule has 5 rings (SSSR count). The number of aromatic nitrogens is 2. The average Bonchev–Trinajstić information content (AvgIpc) is 3.35. The molecule has 3 aromatic rings. The molecule has 0 radical (unpaired) electrons. The highest BCUT2D eigenvalue weighted by molar-refractivity contribution is 6.06. The lowest BCUT2D eigenvalue weighted by molar-refractivity contribution is -0.122. The lowest BCUT2D eigenvalue weighted by Crippen LogP contribution is -2.46. The highest BCUT2D eigenvalue weighted by Gasteiger charge is 2.49. The van der Waals surface area contributed by atoms with Gasteiger partial charge in [-0.1, -0.05) is 6.07 Å². The van der Waals surface area contributed by atoms with Crippen LogP contribution in [0.5, 0.6) is 17.2 Å². The molecule has 0 aliphatic carbocycles. The van der Waals surface area contributed by atoms with E-state index in [-0.39, 0.29) is 5.91 Å². The summed E-state index contributed by atoms with van der Waals surface area (Å²) in [5.74, 6) is 3.02. The van der Waals surface area contributed by atoms with E-state index in [1.165, 1.54) is 0 Å². The third-order valence-corrected chi connectivity index (χ3v) is 7.06. The third kappa shape index (κ3) is 3.88. The number of methoxy groups -OCH3 is 1. The summed E-state index contributed by atoms with van der Waals surface area (Å²) in [6.45, 7) is 2.45. The molecular formula is C26H31N5O3. The number of nitrogens with one attached hydrogen (secondary N) is 1. The summed E-state index contributed by atoms with van der Waals surface area (Å²) in [7, 11) is 7.63. The number of fused-ring (bicyclic) bond motifs is 2. The summed E-state index contributed by atoms with van der Waals surface area (Å²) >= 11 is 0. The molecule has 1 aromatic heterocycles. The normalized spacial score (nSPS) is 16.9. The zero-order valence-corrected chi connectivity index (χ0v) is 20.2. The monoisotopic (exact) mass is 461 g/mol. The van der Waals surface area contributed by atoms with Crippen LogP contribution in [0.2, 0.25) is 0 Å². The smallest absolute Gasteiger partial charge is 0.235 e. The number of amides is 1. The van der Waals surface area contributed by atoms with E-state index in [0.29, 0.717) is 17.2 Å². The number of aryl methyl sites for hydroxylation is 1. The Morgan fingerprint density at radius 2 is 1.94 bits per heavy atom. The zero-order chi connectivity index (χ0) is 23.9. The van der Waals surface area contributed by atoms with Crippen LogP contribution in [0.1, 0.15) is 24.2 Å². The van der Waals surface area contributed by atoms with Crippen LogP contribution in [0.15, 0.2) is 48.8 Å². The predicted molar refractivity (Wildman–Crippen MR) is 132 cm³/mol. The summed E-state index contributed by atoms with van der Waals surface area (Å²) < 4.78 is 13.9. The average molecular weight is 462 g/mol. The topological polar surface area (TPSA) is 71.9 Å². The largest absolute Gasteiger partial charge is 0.493 e. The van der Waals surface area contributed by atoms with Crippen molar-refractivity contribution < 1.29 is 14.3 Å². The molecule has 0 atom stereocenters. The van der Waals surface area contributed by atoms with Gasteiger partial charge < -0.3 is 24.3 Å². The molecule has 0 bridgehead atoms.